The van der Waals surface area contributed by atoms with Crippen LogP contribution < -0.4 is 10.5 Å². The lowest BCUT2D eigenvalue weighted by molar-refractivity contribution is 0.103. The number of rotatable bonds is 3. The molecule has 0 spiro atoms. The van der Waals surface area contributed by atoms with E-state index in [9.17, 15) is 4.79 Å². The Morgan fingerprint density at radius 3 is 2.71 bits per heavy atom. The van der Waals surface area contributed by atoms with Gasteiger partial charge >= 0.3 is 0 Å². The molecule has 0 aliphatic heterocycles. The number of ether oxygens (including phenoxy) is 1. The number of carbonyl (C=O) groups excluding carboxylic acids is 1. The van der Waals surface area contributed by atoms with E-state index in [0.29, 0.717) is 17.0 Å². The molecule has 1 heterocycles. The minimum absolute atomic E-state index is 0.0401. The molecule has 0 radical (unpaired) electrons. The standard InChI is InChI=1S/C13H13NO2S/c1-8-6-7-17-13(8)11(15)9-4-3-5-10(14)12(9)16-2/h3-7H,14H2,1-2H3. The van der Waals surface area contributed by atoms with Crippen LogP contribution >= 0.6 is 11.3 Å². The van der Waals surface area contributed by atoms with E-state index in [1.54, 1.807) is 18.2 Å². The second-order valence-electron chi connectivity index (χ2n) is 3.69. The predicted octanol–water partition coefficient (Wildman–Crippen LogP) is 2.88. The lowest BCUT2D eigenvalue weighted by Gasteiger charge is -2.09. The average Bonchev–Trinajstić information content (AvgIpc) is 2.74. The van der Waals surface area contributed by atoms with E-state index in [4.69, 9.17) is 10.5 Å². The summed E-state index contributed by atoms with van der Waals surface area (Å²) in [5, 5.41) is 1.90. The van der Waals surface area contributed by atoms with Crippen molar-refractivity contribution in [2.24, 2.45) is 0 Å². The van der Waals surface area contributed by atoms with Crippen molar-refractivity contribution in [3.05, 3.63) is 45.6 Å². The number of hydrogen-bond acceptors (Lipinski definition) is 4. The molecule has 3 nitrogen and oxygen atoms in total. The maximum atomic E-state index is 12.3. The van der Waals surface area contributed by atoms with Crippen molar-refractivity contribution in [2.45, 2.75) is 6.92 Å². The third-order valence-corrected chi connectivity index (χ3v) is 3.58. The van der Waals surface area contributed by atoms with Crippen molar-refractivity contribution in [2.75, 3.05) is 12.8 Å². The predicted molar refractivity (Wildman–Crippen MR) is 69.9 cm³/mol. The zero-order valence-corrected chi connectivity index (χ0v) is 10.5. The third kappa shape index (κ3) is 2.03. The number of para-hydroxylation sites is 1. The minimum Gasteiger partial charge on any atom is -0.494 e. The fourth-order valence-corrected chi connectivity index (χ4v) is 2.57. The van der Waals surface area contributed by atoms with E-state index < -0.39 is 0 Å². The van der Waals surface area contributed by atoms with Crippen LogP contribution in [0.4, 0.5) is 5.69 Å². The molecule has 0 saturated heterocycles. The molecule has 88 valence electrons. The number of anilines is 1. The second-order valence-corrected chi connectivity index (χ2v) is 4.61. The summed E-state index contributed by atoms with van der Waals surface area (Å²) < 4.78 is 5.19. The molecule has 0 unspecified atom stereocenters. The van der Waals surface area contributed by atoms with Crippen molar-refractivity contribution in [1.82, 2.24) is 0 Å². The molecule has 2 rings (SSSR count). The number of hydrogen-bond donors (Lipinski definition) is 1. The molecule has 0 fully saturated rings. The zero-order valence-electron chi connectivity index (χ0n) is 9.69. The van der Waals surface area contributed by atoms with Crippen LogP contribution in [-0.4, -0.2) is 12.9 Å². The summed E-state index contributed by atoms with van der Waals surface area (Å²) in [6, 6.07) is 7.14. The van der Waals surface area contributed by atoms with Gasteiger partial charge in [-0.1, -0.05) is 6.07 Å². The molecule has 2 N–H and O–H groups in total. The van der Waals surface area contributed by atoms with Crippen molar-refractivity contribution >= 4 is 22.8 Å². The summed E-state index contributed by atoms with van der Waals surface area (Å²) in [4.78, 5) is 13.1. The fraction of sp³-hybridized carbons (Fsp3) is 0.154. The maximum absolute atomic E-state index is 12.3. The maximum Gasteiger partial charge on any atom is 0.207 e. The molecule has 0 aliphatic rings. The molecular weight excluding hydrogens is 234 g/mol. The lowest BCUT2D eigenvalue weighted by atomic mass is 10.1. The monoisotopic (exact) mass is 247 g/mol. The molecule has 0 aliphatic carbocycles. The Balaban J connectivity index is 2.52. The Kier molecular flexibility index (Phi) is 3.15. The van der Waals surface area contributed by atoms with Crippen LogP contribution in [0.2, 0.25) is 0 Å². The Morgan fingerprint density at radius 2 is 2.12 bits per heavy atom. The van der Waals surface area contributed by atoms with Gasteiger partial charge < -0.3 is 10.5 Å². The van der Waals surface area contributed by atoms with E-state index >= 15 is 0 Å². The average molecular weight is 247 g/mol. The highest BCUT2D eigenvalue weighted by molar-refractivity contribution is 7.12. The van der Waals surface area contributed by atoms with Crippen LogP contribution in [0.25, 0.3) is 0 Å². The normalized spacial score (nSPS) is 10.2. The van der Waals surface area contributed by atoms with Crippen molar-refractivity contribution < 1.29 is 9.53 Å². The molecule has 0 saturated carbocycles. The number of benzene rings is 1. The summed E-state index contributed by atoms with van der Waals surface area (Å²) in [5.41, 5.74) is 7.75. The topological polar surface area (TPSA) is 52.3 Å². The number of nitrogen functional groups attached to an aromatic ring is 1. The van der Waals surface area contributed by atoms with Crippen LogP contribution in [0.3, 0.4) is 0 Å². The first kappa shape index (κ1) is 11.7. The Bertz CT molecular complexity index is 560. The van der Waals surface area contributed by atoms with Gasteiger partial charge in [0, 0.05) is 0 Å². The molecule has 4 heteroatoms. The van der Waals surface area contributed by atoms with Gasteiger partial charge in [0.25, 0.3) is 0 Å². The van der Waals surface area contributed by atoms with Crippen LogP contribution in [0.1, 0.15) is 20.8 Å². The van der Waals surface area contributed by atoms with Gasteiger partial charge in [0.2, 0.25) is 5.78 Å². The van der Waals surface area contributed by atoms with Crippen molar-refractivity contribution in [1.29, 1.82) is 0 Å². The zero-order chi connectivity index (χ0) is 12.4. The number of ketones is 1. The minimum atomic E-state index is -0.0401. The van der Waals surface area contributed by atoms with E-state index in [-0.39, 0.29) is 5.78 Å². The Hall–Kier alpha value is -1.81. The molecule has 17 heavy (non-hydrogen) atoms. The number of thiophene rings is 1. The molecule has 0 atom stereocenters. The van der Waals surface area contributed by atoms with Gasteiger partial charge in [0.05, 0.1) is 23.2 Å². The summed E-state index contributed by atoms with van der Waals surface area (Å²) in [6.07, 6.45) is 0. The van der Waals surface area contributed by atoms with Crippen LogP contribution in [0, 0.1) is 6.92 Å². The molecule has 1 aromatic carbocycles. The van der Waals surface area contributed by atoms with Gasteiger partial charge in [-0.05, 0) is 36.1 Å². The van der Waals surface area contributed by atoms with Gasteiger partial charge in [-0.3, -0.25) is 4.79 Å². The van der Waals surface area contributed by atoms with Gasteiger partial charge in [-0.25, -0.2) is 0 Å². The Labute approximate surface area is 104 Å². The summed E-state index contributed by atoms with van der Waals surface area (Å²) in [6.45, 7) is 1.92. The van der Waals surface area contributed by atoms with Crippen molar-refractivity contribution in [3.8, 4) is 5.75 Å². The largest absolute Gasteiger partial charge is 0.494 e. The highest BCUT2D eigenvalue weighted by Gasteiger charge is 2.18. The van der Waals surface area contributed by atoms with Gasteiger partial charge in [0.15, 0.2) is 5.75 Å². The fourth-order valence-electron chi connectivity index (χ4n) is 1.69. The smallest absolute Gasteiger partial charge is 0.207 e. The summed E-state index contributed by atoms with van der Waals surface area (Å²) in [5.74, 6) is 0.409. The van der Waals surface area contributed by atoms with E-state index in [2.05, 4.69) is 0 Å². The quantitative estimate of drug-likeness (QED) is 0.670. The number of carbonyl (C=O) groups is 1. The second kappa shape index (κ2) is 4.59. The molecule has 1 aromatic heterocycles. The van der Waals surface area contributed by atoms with Crippen LogP contribution in [0.15, 0.2) is 29.6 Å². The highest BCUT2D eigenvalue weighted by atomic mass is 32.1. The van der Waals surface area contributed by atoms with Crippen LogP contribution in [-0.2, 0) is 0 Å². The first-order valence-corrected chi connectivity index (χ1v) is 6.04. The van der Waals surface area contributed by atoms with Gasteiger partial charge in [0.1, 0.15) is 0 Å². The summed E-state index contributed by atoms with van der Waals surface area (Å²) in [7, 11) is 1.52. The van der Waals surface area contributed by atoms with Gasteiger partial charge in [-0.2, -0.15) is 0 Å². The number of aryl methyl sites for hydroxylation is 1. The first-order valence-electron chi connectivity index (χ1n) is 5.16. The van der Waals surface area contributed by atoms with E-state index in [1.807, 2.05) is 18.4 Å². The highest BCUT2D eigenvalue weighted by Crippen LogP contribution is 2.30. The molecule has 0 amide bonds. The third-order valence-electron chi connectivity index (χ3n) is 2.56. The number of methoxy groups -OCH3 is 1. The SMILES string of the molecule is COc1c(N)cccc1C(=O)c1sccc1C. The molecular formula is C13H13NO2S. The Morgan fingerprint density at radius 1 is 1.35 bits per heavy atom. The van der Waals surface area contributed by atoms with Gasteiger partial charge in [-0.15, -0.1) is 11.3 Å². The van der Waals surface area contributed by atoms with Crippen LogP contribution in [0.5, 0.6) is 5.75 Å². The van der Waals surface area contributed by atoms with E-state index in [1.165, 1.54) is 18.4 Å². The molecule has 0 bridgehead atoms. The number of nitrogens with two attached hydrogens (primary N) is 1. The van der Waals surface area contributed by atoms with Crippen molar-refractivity contribution in [3.63, 3.8) is 0 Å². The van der Waals surface area contributed by atoms with E-state index in [0.717, 1.165) is 10.4 Å². The first-order chi connectivity index (χ1) is 8.15. The molecule has 2 aromatic rings. The lowest BCUT2D eigenvalue weighted by Crippen LogP contribution is -2.05. The summed E-state index contributed by atoms with van der Waals surface area (Å²) >= 11 is 1.43.